The van der Waals surface area contributed by atoms with Gasteiger partial charge in [0, 0.05) is 12.2 Å². The lowest BCUT2D eigenvalue weighted by atomic mass is 10.1. The predicted octanol–water partition coefficient (Wildman–Crippen LogP) is 2.13. The number of carbonyl (C=O) groups is 1. The summed E-state index contributed by atoms with van der Waals surface area (Å²) in [5.41, 5.74) is 9.24. The van der Waals surface area contributed by atoms with Gasteiger partial charge in [0.2, 0.25) is 5.96 Å². The lowest BCUT2D eigenvalue weighted by Gasteiger charge is -2.17. The van der Waals surface area contributed by atoms with Crippen LogP contribution in [0.5, 0.6) is 0 Å². The zero-order valence-electron chi connectivity index (χ0n) is 11.7. The molecule has 1 aliphatic heterocycles. The van der Waals surface area contributed by atoms with Crippen LogP contribution in [0.1, 0.15) is 11.1 Å². The highest BCUT2D eigenvalue weighted by Gasteiger charge is 2.21. The third-order valence-electron chi connectivity index (χ3n) is 3.60. The number of guanidine groups is 1. The number of para-hydroxylation sites is 1. The van der Waals surface area contributed by atoms with Crippen molar-refractivity contribution in [3.05, 3.63) is 65.7 Å². The number of carbonyl (C=O) groups excluding carboxylic acids is 1. The molecule has 0 aromatic heterocycles. The molecule has 4 nitrogen and oxygen atoms in total. The van der Waals surface area contributed by atoms with E-state index in [1.807, 2.05) is 53.4 Å². The van der Waals surface area contributed by atoms with Crippen molar-refractivity contribution in [1.29, 1.82) is 0 Å². The maximum absolute atomic E-state index is 12.0. The van der Waals surface area contributed by atoms with E-state index in [1.165, 1.54) is 5.56 Å². The van der Waals surface area contributed by atoms with Gasteiger partial charge >= 0.3 is 0 Å². The van der Waals surface area contributed by atoms with Crippen LogP contribution in [0.2, 0.25) is 0 Å². The Balaban J connectivity index is 1.73. The molecule has 0 unspecified atom stereocenters. The Bertz CT molecular complexity index is 679. The van der Waals surface area contributed by atoms with Crippen LogP contribution in [0.4, 0.5) is 5.69 Å². The average molecular weight is 279 g/mol. The van der Waals surface area contributed by atoms with Crippen molar-refractivity contribution in [3.8, 4) is 0 Å². The van der Waals surface area contributed by atoms with Crippen molar-refractivity contribution in [2.24, 2.45) is 10.7 Å². The van der Waals surface area contributed by atoms with E-state index in [4.69, 9.17) is 5.73 Å². The third kappa shape index (κ3) is 2.94. The van der Waals surface area contributed by atoms with Crippen molar-refractivity contribution in [2.75, 3.05) is 11.4 Å². The van der Waals surface area contributed by atoms with Crippen molar-refractivity contribution >= 4 is 17.6 Å². The van der Waals surface area contributed by atoms with Crippen LogP contribution in [-0.4, -0.2) is 18.4 Å². The Hall–Kier alpha value is -2.62. The number of nitrogens with two attached hydrogens (primary N) is 1. The number of amides is 1. The average Bonchev–Trinajstić information content (AvgIpc) is 2.92. The van der Waals surface area contributed by atoms with Gasteiger partial charge in [0.05, 0.1) is 6.42 Å². The fourth-order valence-electron chi connectivity index (χ4n) is 2.57. The highest BCUT2D eigenvalue weighted by molar-refractivity contribution is 6.03. The SMILES string of the molecule is NC(=NC(=O)Cc1ccccc1)N1CCc2ccccc21. The van der Waals surface area contributed by atoms with Crippen LogP contribution in [-0.2, 0) is 17.6 Å². The molecule has 0 atom stereocenters. The number of hydrogen-bond donors (Lipinski definition) is 1. The lowest BCUT2D eigenvalue weighted by Crippen LogP contribution is -2.36. The first-order valence-corrected chi connectivity index (χ1v) is 7.00. The van der Waals surface area contributed by atoms with E-state index >= 15 is 0 Å². The van der Waals surface area contributed by atoms with Gasteiger partial charge in [0.1, 0.15) is 0 Å². The Morgan fingerprint density at radius 2 is 1.81 bits per heavy atom. The lowest BCUT2D eigenvalue weighted by molar-refractivity contribution is -0.117. The normalized spacial score (nSPS) is 14.1. The van der Waals surface area contributed by atoms with Gasteiger partial charge in [0.25, 0.3) is 5.91 Å². The number of benzene rings is 2. The van der Waals surface area contributed by atoms with Gasteiger partial charge in [-0.2, -0.15) is 4.99 Å². The van der Waals surface area contributed by atoms with Crippen LogP contribution in [0.3, 0.4) is 0 Å². The summed E-state index contributed by atoms with van der Waals surface area (Å²) >= 11 is 0. The van der Waals surface area contributed by atoms with Crippen molar-refractivity contribution < 1.29 is 4.79 Å². The van der Waals surface area contributed by atoms with Gasteiger partial charge in [-0.05, 0) is 23.6 Å². The van der Waals surface area contributed by atoms with Gasteiger partial charge in [0.15, 0.2) is 0 Å². The van der Waals surface area contributed by atoms with E-state index in [2.05, 4.69) is 11.1 Å². The zero-order valence-corrected chi connectivity index (χ0v) is 11.7. The highest BCUT2D eigenvalue weighted by atomic mass is 16.1. The van der Waals surface area contributed by atoms with Gasteiger partial charge in [-0.3, -0.25) is 4.79 Å². The number of fused-ring (bicyclic) bond motifs is 1. The maximum Gasteiger partial charge on any atom is 0.253 e. The first-order chi connectivity index (χ1) is 10.2. The standard InChI is InChI=1S/C17H17N3O/c18-17(19-16(21)12-13-6-2-1-3-7-13)20-11-10-14-8-4-5-9-15(14)20/h1-9H,10-12H2,(H2,18,19,21). The molecule has 0 saturated heterocycles. The molecule has 0 fully saturated rings. The monoisotopic (exact) mass is 279 g/mol. The summed E-state index contributed by atoms with van der Waals surface area (Å²) in [4.78, 5) is 17.9. The maximum atomic E-state index is 12.0. The molecule has 2 aromatic carbocycles. The quantitative estimate of drug-likeness (QED) is 0.677. The number of anilines is 1. The Labute approximate surface area is 123 Å². The summed E-state index contributed by atoms with van der Waals surface area (Å²) in [6, 6.07) is 17.6. The second-order valence-corrected chi connectivity index (χ2v) is 5.06. The fraction of sp³-hybridized carbons (Fsp3) is 0.176. The molecule has 0 saturated carbocycles. The summed E-state index contributed by atoms with van der Waals surface area (Å²) in [5.74, 6) is 0.0592. The topological polar surface area (TPSA) is 58.7 Å². The number of rotatable bonds is 2. The van der Waals surface area contributed by atoms with Gasteiger partial charge in [-0.1, -0.05) is 48.5 Å². The van der Waals surface area contributed by atoms with Crippen LogP contribution in [0.25, 0.3) is 0 Å². The minimum absolute atomic E-state index is 0.219. The summed E-state index contributed by atoms with van der Waals surface area (Å²) in [7, 11) is 0. The molecule has 1 amide bonds. The first-order valence-electron chi connectivity index (χ1n) is 7.00. The molecule has 4 heteroatoms. The number of hydrogen-bond acceptors (Lipinski definition) is 1. The van der Waals surface area contributed by atoms with Crippen LogP contribution in [0.15, 0.2) is 59.6 Å². The van der Waals surface area contributed by atoms with E-state index in [0.717, 1.165) is 24.2 Å². The minimum atomic E-state index is -0.219. The molecule has 2 aromatic rings. The summed E-state index contributed by atoms with van der Waals surface area (Å²) in [6.07, 6.45) is 1.20. The second-order valence-electron chi connectivity index (χ2n) is 5.06. The van der Waals surface area contributed by atoms with Crippen LogP contribution in [0, 0.1) is 0 Å². The molecular formula is C17H17N3O. The van der Waals surface area contributed by atoms with E-state index in [0.29, 0.717) is 0 Å². The first kappa shape index (κ1) is 13.4. The van der Waals surface area contributed by atoms with Crippen molar-refractivity contribution in [1.82, 2.24) is 0 Å². The van der Waals surface area contributed by atoms with Crippen LogP contribution >= 0.6 is 0 Å². The largest absolute Gasteiger partial charge is 0.369 e. The molecule has 3 rings (SSSR count). The van der Waals surface area contributed by atoms with Gasteiger partial charge < -0.3 is 10.6 Å². The molecule has 106 valence electrons. The molecule has 1 aliphatic rings. The third-order valence-corrected chi connectivity index (χ3v) is 3.60. The molecule has 0 aliphatic carbocycles. The molecule has 0 spiro atoms. The van der Waals surface area contributed by atoms with Crippen molar-refractivity contribution in [3.63, 3.8) is 0 Å². The van der Waals surface area contributed by atoms with E-state index in [-0.39, 0.29) is 18.3 Å². The Morgan fingerprint density at radius 1 is 1.10 bits per heavy atom. The van der Waals surface area contributed by atoms with E-state index < -0.39 is 0 Å². The van der Waals surface area contributed by atoms with Crippen LogP contribution < -0.4 is 10.6 Å². The van der Waals surface area contributed by atoms with E-state index in [9.17, 15) is 4.79 Å². The summed E-state index contributed by atoms with van der Waals surface area (Å²) in [6.45, 7) is 0.771. The highest BCUT2D eigenvalue weighted by Crippen LogP contribution is 2.26. The van der Waals surface area contributed by atoms with Gasteiger partial charge in [-0.25, -0.2) is 0 Å². The summed E-state index contributed by atoms with van der Waals surface area (Å²) < 4.78 is 0. The Kier molecular flexibility index (Phi) is 3.69. The second kappa shape index (κ2) is 5.79. The van der Waals surface area contributed by atoms with Crippen molar-refractivity contribution in [2.45, 2.75) is 12.8 Å². The minimum Gasteiger partial charge on any atom is -0.369 e. The molecule has 2 N–H and O–H groups in total. The van der Waals surface area contributed by atoms with E-state index in [1.54, 1.807) is 0 Å². The molecular weight excluding hydrogens is 262 g/mol. The number of aliphatic imine (C=N–C) groups is 1. The fourth-order valence-corrected chi connectivity index (χ4v) is 2.57. The smallest absolute Gasteiger partial charge is 0.253 e. The molecule has 1 heterocycles. The zero-order chi connectivity index (χ0) is 14.7. The van der Waals surface area contributed by atoms with Gasteiger partial charge in [-0.15, -0.1) is 0 Å². The molecule has 21 heavy (non-hydrogen) atoms. The Morgan fingerprint density at radius 3 is 2.62 bits per heavy atom. The molecule has 0 bridgehead atoms. The predicted molar refractivity (Wildman–Crippen MR) is 84.3 cm³/mol. The molecule has 0 radical (unpaired) electrons. The summed E-state index contributed by atoms with van der Waals surface area (Å²) in [5, 5.41) is 0. The number of nitrogens with zero attached hydrogens (tertiary/aromatic N) is 2.